The quantitative estimate of drug-likeness (QED) is 0.488. The summed E-state index contributed by atoms with van der Waals surface area (Å²) in [5.41, 5.74) is 8.96. The summed E-state index contributed by atoms with van der Waals surface area (Å²) in [7, 11) is 0. The summed E-state index contributed by atoms with van der Waals surface area (Å²) in [6.07, 6.45) is 4.58. The van der Waals surface area contributed by atoms with Gasteiger partial charge in [0.25, 0.3) is 0 Å². The number of aromatic nitrogens is 2. The summed E-state index contributed by atoms with van der Waals surface area (Å²) in [5, 5.41) is 9.59. The highest BCUT2D eigenvalue weighted by Gasteiger charge is 2.24. The normalized spacial score (nSPS) is 11.8. The minimum Gasteiger partial charge on any atom is -0.508 e. The molecule has 0 aliphatic heterocycles. The molecule has 0 bridgehead atoms. The third-order valence-electron chi connectivity index (χ3n) is 4.90. The zero-order valence-corrected chi connectivity index (χ0v) is 14.1. The second-order valence-corrected chi connectivity index (χ2v) is 6.50. The molecule has 0 amide bonds. The molecule has 0 fully saturated rings. The van der Waals surface area contributed by atoms with E-state index in [4.69, 9.17) is 4.98 Å². The van der Waals surface area contributed by atoms with Crippen molar-refractivity contribution in [2.45, 2.75) is 6.42 Å². The van der Waals surface area contributed by atoms with Gasteiger partial charge in [-0.25, -0.2) is 4.98 Å². The van der Waals surface area contributed by atoms with Crippen LogP contribution in [0.4, 0.5) is 0 Å². The van der Waals surface area contributed by atoms with Gasteiger partial charge in [0, 0.05) is 35.5 Å². The van der Waals surface area contributed by atoms with Gasteiger partial charge in [0.05, 0.1) is 11.4 Å². The van der Waals surface area contributed by atoms with Crippen molar-refractivity contribution in [1.82, 2.24) is 9.97 Å². The van der Waals surface area contributed by atoms with Crippen LogP contribution in [-0.4, -0.2) is 15.1 Å². The van der Waals surface area contributed by atoms with Gasteiger partial charge in [-0.1, -0.05) is 30.3 Å². The van der Waals surface area contributed by atoms with Crippen molar-refractivity contribution in [3.05, 3.63) is 90.3 Å². The topological polar surface area (TPSA) is 46.0 Å². The minimum absolute atomic E-state index is 0.257. The summed E-state index contributed by atoms with van der Waals surface area (Å²) in [6.45, 7) is 0. The number of phenolic OH excluding ortho intramolecular Hbond substituents is 1. The second kappa shape index (κ2) is 5.81. The van der Waals surface area contributed by atoms with Gasteiger partial charge >= 0.3 is 0 Å². The van der Waals surface area contributed by atoms with E-state index >= 15 is 0 Å². The monoisotopic (exact) mass is 336 g/mol. The molecule has 1 aliphatic rings. The van der Waals surface area contributed by atoms with E-state index in [9.17, 15) is 5.11 Å². The molecule has 124 valence electrons. The molecular weight excluding hydrogens is 320 g/mol. The number of nitrogens with zero attached hydrogens (tertiary/aromatic N) is 2. The maximum atomic E-state index is 9.59. The predicted molar refractivity (Wildman–Crippen MR) is 103 cm³/mol. The van der Waals surface area contributed by atoms with E-state index in [2.05, 4.69) is 41.4 Å². The predicted octanol–water partition coefficient (Wildman–Crippen LogP) is 5.09. The zero-order chi connectivity index (χ0) is 17.5. The van der Waals surface area contributed by atoms with E-state index in [1.807, 2.05) is 24.4 Å². The van der Waals surface area contributed by atoms with Crippen LogP contribution < -0.4 is 0 Å². The molecule has 0 unspecified atom stereocenters. The lowest BCUT2D eigenvalue weighted by Gasteiger charge is -2.12. The number of pyridine rings is 2. The van der Waals surface area contributed by atoms with Crippen LogP contribution in [0.1, 0.15) is 11.1 Å². The first-order valence-electron chi connectivity index (χ1n) is 8.61. The molecule has 3 nitrogen and oxygen atoms in total. The van der Waals surface area contributed by atoms with Gasteiger partial charge in [0.2, 0.25) is 0 Å². The Hall–Kier alpha value is -3.46. The van der Waals surface area contributed by atoms with Gasteiger partial charge in [-0.2, -0.15) is 0 Å². The van der Waals surface area contributed by atoms with Crippen molar-refractivity contribution in [3.8, 4) is 39.4 Å². The SMILES string of the molecule is Oc1ccc(-c2cc(-c3cccnc3)c3c(n2)-c2ccccc2C3)cc1. The lowest BCUT2D eigenvalue weighted by atomic mass is 9.97. The van der Waals surface area contributed by atoms with E-state index in [1.165, 1.54) is 22.3 Å². The van der Waals surface area contributed by atoms with Gasteiger partial charge in [-0.15, -0.1) is 0 Å². The third kappa shape index (κ3) is 2.37. The molecule has 0 saturated carbocycles. The lowest BCUT2D eigenvalue weighted by molar-refractivity contribution is 0.475. The van der Waals surface area contributed by atoms with Crippen molar-refractivity contribution in [2.75, 3.05) is 0 Å². The number of fused-ring (bicyclic) bond motifs is 3. The van der Waals surface area contributed by atoms with Crippen LogP contribution in [0, 0.1) is 0 Å². The van der Waals surface area contributed by atoms with Crippen molar-refractivity contribution >= 4 is 0 Å². The van der Waals surface area contributed by atoms with E-state index < -0.39 is 0 Å². The fourth-order valence-electron chi connectivity index (χ4n) is 3.63. The fourth-order valence-corrected chi connectivity index (χ4v) is 3.63. The number of aromatic hydroxyl groups is 1. The highest BCUT2D eigenvalue weighted by molar-refractivity contribution is 5.85. The zero-order valence-electron chi connectivity index (χ0n) is 14.1. The van der Waals surface area contributed by atoms with Crippen LogP contribution >= 0.6 is 0 Å². The van der Waals surface area contributed by atoms with Crippen LogP contribution in [-0.2, 0) is 6.42 Å². The Bertz CT molecular complexity index is 1100. The minimum atomic E-state index is 0.257. The highest BCUT2D eigenvalue weighted by Crippen LogP contribution is 2.42. The molecule has 2 aromatic heterocycles. The maximum Gasteiger partial charge on any atom is 0.115 e. The molecule has 3 heteroatoms. The van der Waals surface area contributed by atoms with E-state index in [-0.39, 0.29) is 5.75 Å². The molecule has 5 rings (SSSR count). The molecular formula is C23H16N2O. The van der Waals surface area contributed by atoms with E-state index in [0.717, 1.165) is 28.9 Å². The number of hydrogen-bond donors (Lipinski definition) is 1. The highest BCUT2D eigenvalue weighted by atomic mass is 16.3. The summed E-state index contributed by atoms with van der Waals surface area (Å²) in [6, 6.07) is 21.8. The maximum absolute atomic E-state index is 9.59. The number of rotatable bonds is 2. The van der Waals surface area contributed by atoms with Crippen LogP contribution in [0.25, 0.3) is 33.6 Å². The molecule has 4 aromatic rings. The molecule has 0 radical (unpaired) electrons. The first-order chi connectivity index (χ1) is 12.8. The number of benzene rings is 2. The van der Waals surface area contributed by atoms with Gasteiger partial charge < -0.3 is 5.11 Å². The average Bonchev–Trinajstić information content (AvgIpc) is 3.07. The Morgan fingerprint density at radius 3 is 2.46 bits per heavy atom. The Morgan fingerprint density at radius 1 is 0.808 bits per heavy atom. The smallest absolute Gasteiger partial charge is 0.115 e. The molecule has 2 aromatic carbocycles. The molecule has 26 heavy (non-hydrogen) atoms. The molecule has 1 aliphatic carbocycles. The lowest BCUT2D eigenvalue weighted by Crippen LogP contribution is -1.94. The van der Waals surface area contributed by atoms with Crippen molar-refractivity contribution in [2.24, 2.45) is 0 Å². The first kappa shape index (κ1) is 14.8. The van der Waals surface area contributed by atoms with Crippen LogP contribution in [0.2, 0.25) is 0 Å². The Labute approximate surface area is 151 Å². The fraction of sp³-hybridized carbons (Fsp3) is 0.0435. The second-order valence-electron chi connectivity index (χ2n) is 6.50. The van der Waals surface area contributed by atoms with Gasteiger partial charge in [0.15, 0.2) is 0 Å². The number of hydrogen-bond acceptors (Lipinski definition) is 3. The van der Waals surface area contributed by atoms with Crippen LogP contribution in [0.15, 0.2) is 79.1 Å². The summed E-state index contributed by atoms with van der Waals surface area (Å²) in [5.74, 6) is 0.257. The van der Waals surface area contributed by atoms with Gasteiger partial charge in [-0.3, -0.25) is 4.98 Å². The standard InChI is InChI=1S/C23H16N2O/c26-18-9-7-15(8-10-18)22-13-20(17-5-3-11-24-14-17)21-12-16-4-1-2-6-19(16)23(21)25-22/h1-11,13-14,26H,12H2. The van der Waals surface area contributed by atoms with Crippen molar-refractivity contribution < 1.29 is 5.11 Å². The summed E-state index contributed by atoms with van der Waals surface area (Å²) >= 11 is 0. The van der Waals surface area contributed by atoms with Crippen molar-refractivity contribution in [3.63, 3.8) is 0 Å². The molecule has 1 N–H and O–H groups in total. The van der Waals surface area contributed by atoms with Gasteiger partial charge in [-0.05, 0) is 53.1 Å². The average molecular weight is 336 g/mol. The number of phenols is 1. The molecule has 0 saturated heterocycles. The molecule has 2 heterocycles. The molecule has 0 spiro atoms. The molecule has 0 atom stereocenters. The van der Waals surface area contributed by atoms with Crippen LogP contribution in [0.5, 0.6) is 5.75 Å². The van der Waals surface area contributed by atoms with Crippen molar-refractivity contribution in [1.29, 1.82) is 0 Å². The van der Waals surface area contributed by atoms with E-state index in [0.29, 0.717) is 0 Å². The Balaban J connectivity index is 1.78. The first-order valence-corrected chi connectivity index (χ1v) is 8.61. The largest absolute Gasteiger partial charge is 0.508 e. The van der Waals surface area contributed by atoms with E-state index in [1.54, 1.807) is 18.3 Å². The summed E-state index contributed by atoms with van der Waals surface area (Å²) in [4.78, 5) is 9.27. The Kier molecular flexibility index (Phi) is 3.32. The van der Waals surface area contributed by atoms with Gasteiger partial charge in [0.1, 0.15) is 5.75 Å². The Morgan fingerprint density at radius 2 is 1.65 bits per heavy atom. The summed E-state index contributed by atoms with van der Waals surface area (Å²) < 4.78 is 0. The third-order valence-corrected chi connectivity index (χ3v) is 4.90. The van der Waals surface area contributed by atoms with Crippen LogP contribution in [0.3, 0.4) is 0 Å².